The number of nitrogens with zero attached hydrogens (tertiary/aromatic N) is 3. The molecule has 1 aliphatic carbocycles. The fourth-order valence-electron chi connectivity index (χ4n) is 5.46. The molecule has 2 unspecified atom stereocenters. The molecule has 5 rings (SSSR count). The van der Waals surface area contributed by atoms with Crippen molar-refractivity contribution in [3.63, 3.8) is 0 Å². The van der Waals surface area contributed by atoms with E-state index in [0.29, 0.717) is 19.1 Å². The summed E-state index contributed by atoms with van der Waals surface area (Å²) in [6, 6.07) is 15.5. The molecule has 8 nitrogen and oxygen atoms in total. The van der Waals surface area contributed by atoms with Crippen molar-refractivity contribution in [1.29, 1.82) is 0 Å². The highest BCUT2D eigenvalue weighted by molar-refractivity contribution is 5.94. The Hall–Kier alpha value is -3.65. The first kappa shape index (κ1) is 25.0. The molecule has 194 valence electrons. The number of carbonyl (C=O) groups excluding carboxylic acids is 2. The molecule has 1 aromatic heterocycles. The van der Waals surface area contributed by atoms with Crippen LogP contribution in [0.5, 0.6) is 0 Å². The van der Waals surface area contributed by atoms with Gasteiger partial charge >= 0.3 is 6.09 Å². The Labute approximate surface area is 217 Å². The number of alkyl carbamates (subject to hydrolysis) is 1. The Bertz CT molecular complexity index is 1250. The zero-order valence-electron chi connectivity index (χ0n) is 21.6. The topological polar surface area (TPSA) is 85.7 Å². The van der Waals surface area contributed by atoms with Crippen LogP contribution in [0.2, 0.25) is 0 Å². The molecular formula is C29H34N4O4. The molecule has 3 atom stereocenters. The van der Waals surface area contributed by atoms with E-state index in [1.807, 2.05) is 64.4 Å². The Kier molecular flexibility index (Phi) is 7.28. The largest absolute Gasteiger partial charge is 0.445 e. The van der Waals surface area contributed by atoms with E-state index < -0.39 is 6.09 Å². The van der Waals surface area contributed by atoms with Gasteiger partial charge in [0, 0.05) is 43.4 Å². The van der Waals surface area contributed by atoms with Gasteiger partial charge in [0.15, 0.2) is 0 Å². The van der Waals surface area contributed by atoms with Gasteiger partial charge in [-0.25, -0.2) is 4.79 Å². The predicted octanol–water partition coefficient (Wildman–Crippen LogP) is 4.95. The lowest BCUT2D eigenvalue weighted by Gasteiger charge is -2.45. The first-order chi connectivity index (χ1) is 18.0. The summed E-state index contributed by atoms with van der Waals surface area (Å²) in [7, 11) is 1.67. The minimum absolute atomic E-state index is 0.0212. The molecule has 2 aliphatic rings. The van der Waals surface area contributed by atoms with Crippen molar-refractivity contribution in [2.45, 2.75) is 51.9 Å². The van der Waals surface area contributed by atoms with Crippen LogP contribution in [0.15, 0.2) is 60.9 Å². The molecule has 0 bridgehead atoms. The van der Waals surface area contributed by atoms with E-state index in [4.69, 9.17) is 9.47 Å². The van der Waals surface area contributed by atoms with Crippen molar-refractivity contribution in [1.82, 2.24) is 15.1 Å². The van der Waals surface area contributed by atoms with Gasteiger partial charge in [0.1, 0.15) is 6.61 Å². The van der Waals surface area contributed by atoms with Gasteiger partial charge < -0.3 is 19.7 Å². The maximum Gasteiger partial charge on any atom is 0.407 e. The van der Waals surface area contributed by atoms with Gasteiger partial charge in [-0.15, -0.1) is 0 Å². The van der Waals surface area contributed by atoms with Crippen molar-refractivity contribution in [3.8, 4) is 11.1 Å². The number of fused-ring (bicyclic) bond motifs is 1. The average Bonchev–Trinajstić information content (AvgIpc) is 3.63. The molecule has 1 N–H and O–H groups in total. The van der Waals surface area contributed by atoms with E-state index in [0.717, 1.165) is 40.8 Å². The lowest BCUT2D eigenvalue weighted by Crippen LogP contribution is -2.53. The minimum Gasteiger partial charge on any atom is -0.445 e. The molecular weight excluding hydrogens is 468 g/mol. The second-order valence-electron chi connectivity index (χ2n) is 10.0. The number of ether oxygens (including phenoxy) is 2. The summed E-state index contributed by atoms with van der Waals surface area (Å²) in [6.07, 6.45) is 5.54. The van der Waals surface area contributed by atoms with Gasteiger partial charge in [0.25, 0.3) is 0 Å². The van der Waals surface area contributed by atoms with E-state index >= 15 is 0 Å². The third kappa shape index (κ3) is 5.39. The summed E-state index contributed by atoms with van der Waals surface area (Å²) in [5.41, 5.74) is 4.65. The van der Waals surface area contributed by atoms with Crippen LogP contribution >= 0.6 is 0 Å². The van der Waals surface area contributed by atoms with Crippen molar-refractivity contribution < 1.29 is 19.1 Å². The number of anilines is 1. The van der Waals surface area contributed by atoms with Gasteiger partial charge in [0.2, 0.25) is 5.91 Å². The van der Waals surface area contributed by atoms with E-state index in [-0.39, 0.29) is 30.5 Å². The molecule has 1 saturated carbocycles. The number of amides is 2. The number of methoxy groups -OCH3 is 1. The fraction of sp³-hybridized carbons (Fsp3) is 0.414. The maximum atomic E-state index is 13.0. The van der Waals surface area contributed by atoms with Crippen molar-refractivity contribution in [2.75, 3.05) is 18.6 Å². The summed E-state index contributed by atoms with van der Waals surface area (Å²) >= 11 is 0. The zero-order valence-corrected chi connectivity index (χ0v) is 21.6. The smallest absolute Gasteiger partial charge is 0.407 e. The van der Waals surface area contributed by atoms with Crippen molar-refractivity contribution >= 4 is 17.7 Å². The molecule has 3 aromatic rings. The Morgan fingerprint density at radius 1 is 1.11 bits per heavy atom. The number of hydrogen-bond acceptors (Lipinski definition) is 5. The molecule has 0 radical (unpaired) electrons. The fourth-order valence-corrected chi connectivity index (χ4v) is 5.46. The van der Waals surface area contributed by atoms with Crippen molar-refractivity contribution in [3.05, 3.63) is 72.1 Å². The first-order valence-electron chi connectivity index (χ1n) is 12.9. The van der Waals surface area contributed by atoms with Crippen LogP contribution in [0.3, 0.4) is 0 Å². The third-order valence-electron chi connectivity index (χ3n) is 7.41. The zero-order chi connectivity index (χ0) is 25.9. The van der Waals surface area contributed by atoms with Crippen LogP contribution in [0.25, 0.3) is 11.1 Å². The highest BCUT2D eigenvalue weighted by atomic mass is 16.5. The van der Waals surface area contributed by atoms with Gasteiger partial charge in [-0.2, -0.15) is 5.10 Å². The number of rotatable bonds is 8. The summed E-state index contributed by atoms with van der Waals surface area (Å²) in [6.45, 7) is 5.20. The van der Waals surface area contributed by atoms with Crippen LogP contribution in [0.1, 0.15) is 43.9 Å². The number of carbonyl (C=O) groups is 2. The second kappa shape index (κ2) is 10.8. The van der Waals surface area contributed by atoms with Crippen LogP contribution in [0.4, 0.5) is 10.5 Å². The third-order valence-corrected chi connectivity index (χ3v) is 7.41. The number of benzene rings is 2. The van der Waals surface area contributed by atoms with E-state index in [2.05, 4.69) is 23.4 Å². The first-order valence-corrected chi connectivity index (χ1v) is 12.9. The van der Waals surface area contributed by atoms with Gasteiger partial charge in [-0.05, 0) is 47.6 Å². The highest BCUT2D eigenvalue weighted by Gasteiger charge is 2.48. The summed E-state index contributed by atoms with van der Waals surface area (Å²) in [5, 5.41) is 7.59. The highest BCUT2D eigenvalue weighted by Crippen LogP contribution is 2.49. The molecule has 37 heavy (non-hydrogen) atoms. The molecule has 1 aliphatic heterocycles. The van der Waals surface area contributed by atoms with E-state index in [1.54, 1.807) is 14.0 Å². The monoisotopic (exact) mass is 502 g/mol. The number of hydrogen-bond donors (Lipinski definition) is 1. The molecule has 0 saturated heterocycles. The van der Waals surface area contributed by atoms with Gasteiger partial charge in [-0.3, -0.25) is 9.48 Å². The Balaban J connectivity index is 1.46. The quantitative estimate of drug-likeness (QED) is 0.471. The standard InChI is InChI=1S/C29H34N4O4/c1-19-27(31-29(35)37-18-21-7-5-4-6-8-21)25-15-23(24-16-30-32(17-24)13-14-36-3)11-12-26(25)33(20(2)34)28(19)22-9-10-22/h4-8,11-12,15-17,19,22,27-28H,9-10,13-14,18H2,1-3H3,(H,31,35)/t19-,27?,28?/m1/s1. The van der Waals surface area contributed by atoms with Crippen LogP contribution in [-0.4, -0.2) is 41.5 Å². The van der Waals surface area contributed by atoms with Crippen LogP contribution < -0.4 is 10.2 Å². The minimum atomic E-state index is -0.463. The number of aromatic nitrogens is 2. The van der Waals surface area contributed by atoms with Gasteiger partial charge in [0.05, 0.1) is 25.4 Å². The number of nitrogens with one attached hydrogen (secondary N) is 1. The van der Waals surface area contributed by atoms with E-state index in [1.165, 1.54) is 0 Å². The molecule has 2 amide bonds. The summed E-state index contributed by atoms with van der Waals surface area (Å²) in [4.78, 5) is 27.8. The van der Waals surface area contributed by atoms with Crippen LogP contribution in [0, 0.1) is 11.8 Å². The van der Waals surface area contributed by atoms with E-state index in [9.17, 15) is 9.59 Å². The molecule has 0 spiro atoms. The Morgan fingerprint density at radius 2 is 1.89 bits per heavy atom. The lowest BCUT2D eigenvalue weighted by atomic mass is 9.79. The molecule has 2 heterocycles. The summed E-state index contributed by atoms with van der Waals surface area (Å²) < 4.78 is 12.6. The molecule has 8 heteroatoms. The molecule has 2 aromatic carbocycles. The second-order valence-corrected chi connectivity index (χ2v) is 10.0. The predicted molar refractivity (Wildman–Crippen MR) is 141 cm³/mol. The SMILES string of the molecule is COCCn1cc(-c2ccc3c(c2)C(NC(=O)OCc2ccccc2)[C@@H](C)C(C2CC2)N3C(C)=O)cn1. The van der Waals surface area contributed by atoms with Crippen LogP contribution in [-0.2, 0) is 27.4 Å². The summed E-state index contributed by atoms with van der Waals surface area (Å²) in [5.74, 6) is 0.485. The molecule has 1 fully saturated rings. The van der Waals surface area contributed by atoms with Gasteiger partial charge in [-0.1, -0.05) is 43.3 Å². The Morgan fingerprint density at radius 3 is 2.59 bits per heavy atom. The average molecular weight is 503 g/mol. The van der Waals surface area contributed by atoms with Crippen molar-refractivity contribution in [2.24, 2.45) is 11.8 Å². The maximum absolute atomic E-state index is 13.0. The normalized spacial score (nSPS) is 20.8. The lowest BCUT2D eigenvalue weighted by molar-refractivity contribution is -0.117.